The van der Waals surface area contributed by atoms with Crippen LogP contribution in [0.15, 0.2) is 47.4 Å². The van der Waals surface area contributed by atoms with Crippen LogP contribution in [0.1, 0.15) is 29.5 Å². The molecule has 4 rings (SSSR count). The van der Waals surface area contributed by atoms with E-state index in [1.807, 2.05) is 24.3 Å². The van der Waals surface area contributed by atoms with E-state index in [-0.39, 0.29) is 19.1 Å². The highest BCUT2D eigenvalue weighted by molar-refractivity contribution is 14.1. The van der Waals surface area contributed by atoms with Crippen LogP contribution in [0.5, 0.6) is 5.75 Å². The fourth-order valence-electron chi connectivity index (χ4n) is 3.62. The van der Waals surface area contributed by atoms with Crippen LogP contribution in [0.2, 0.25) is 0 Å². The minimum Gasteiger partial charge on any atom is -0.488 e. The molecular formula is C24H20IN3O4S. The number of nitrogens with zero attached hydrogens (tertiary/aromatic N) is 3. The van der Waals surface area contributed by atoms with Crippen LogP contribution in [0.25, 0.3) is 6.08 Å². The number of imide groups is 1. The van der Waals surface area contributed by atoms with Crippen molar-refractivity contribution >= 4 is 57.5 Å². The average molecular weight is 573 g/mol. The third-order valence-corrected chi connectivity index (χ3v) is 7.15. The molecule has 0 bridgehead atoms. The Bertz CT molecular complexity index is 1180. The molecular weight excluding hydrogens is 553 g/mol. The number of rotatable bonds is 6. The van der Waals surface area contributed by atoms with Gasteiger partial charge in [0.2, 0.25) is 5.91 Å². The molecule has 0 unspecified atom stereocenters. The number of amides is 3. The van der Waals surface area contributed by atoms with Crippen molar-refractivity contribution in [1.29, 1.82) is 5.26 Å². The van der Waals surface area contributed by atoms with Crippen LogP contribution >= 0.6 is 34.4 Å². The quantitative estimate of drug-likeness (QED) is 0.376. The van der Waals surface area contributed by atoms with Gasteiger partial charge in [0.05, 0.1) is 20.1 Å². The largest absolute Gasteiger partial charge is 0.488 e. The van der Waals surface area contributed by atoms with Gasteiger partial charge >= 0.3 is 0 Å². The number of halogens is 1. The van der Waals surface area contributed by atoms with Crippen LogP contribution in [-0.2, 0) is 16.2 Å². The first kappa shape index (κ1) is 23.3. The molecule has 0 aliphatic carbocycles. The van der Waals surface area contributed by atoms with Gasteiger partial charge in [-0.25, -0.2) is 0 Å². The molecule has 0 atom stereocenters. The van der Waals surface area contributed by atoms with Gasteiger partial charge in [0.15, 0.2) is 0 Å². The number of carbonyl (C=O) groups excluding carboxylic acids is 3. The lowest BCUT2D eigenvalue weighted by atomic mass is 10.1. The van der Waals surface area contributed by atoms with Gasteiger partial charge in [-0.1, -0.05) is 24.3 Å². The zero-order valence-electron chi connectivity index (χ0n) is 17.6. The molecule has 33 heavy (non-hydrogen) atoms. The predicted molar refractivity (Wildman–Crippen MR) is 133 cm³/mol. The predicted octanol–water partition coefficient (Wildman–Crippen LogP) is 4.40. The van der Waals surface area contributed by atoms with E-state index in [4.69, 9.17) is 4.74 Å². The Balaban J connectivity index is 1.43. The minimum atomic E-state index is -0.444. The number of carbonyl (C=O) groups is 3. The molecule has 2 aliphatic heterocycles. The Hall–Kier alpha value is -2.84. The minimum absolute atomic E-state index is 0.190. The van der Waals surface area contributed by atoms with E-state index in [1.54, 1.807) is 29.2 Å². The molecule has 0 N–H and O–H groups in total. The van der Waals surface area contributed by atoms with Crippen LogP contribution in [-0.4, -0.2) is 46.5 Å². The van der Waals surface area contributed by atoms with Crippen molar-refractivity contribution in [3.05, 3.63) is 67.6 Å². The monoisotopic (exact) mass is 573 g/mol. The first-order chi connectivity index (χ1) is 16.0. The van der Waals surface area contributed by atoms with Gasteiger partial charge in [-0.2, -0.15) is 5.26 Å². The second kappa shape index (κ2) is 10.4. The van der Waals surface area contributed by atoms with Gasteiger partial charge in [0.25, 0.3) is 11.1 Å². The molecule has 2 aliphatic rings. The third-order valence-electron chi connectivity index (χ3n) is 5.40. The molecule has 0 spiro atoms. The molecule has 2 fully saturated rings. The lowest BCUT2D eigenvalue weighted by molar-refractivity contribution is -0.135. The highest BCUT2D eigenvalue weighted by Crippen LogP contribution is 2.33. The Morgan fingerprint density at radius 3 is 2.67 bits per heavy atom. The molecule has 2 aromatic carbocycles. The summed E-state index contributed by atoms with van der Waals surface area (Å²) in [5.41, 5.74) is 2.13. The molecule has 2 saturated heterocycles. The van der Waals surface area contributed by atoms with Gasteiger partial charge in [-0.15, -0.1) is 0 Å². The Labute approximate surface area is 209 Å². The first-order valence-corrected chi connectivity index (χ1v) is 12.3. The lowest BCUT2D eigenvalue weighted by Crippen LogP contribution is -2.40. The smallest absolute Gasteiger partial charge is 0.294 e. The summed E-state index contributed by atoms with van der Waals surface area (Å²) in [5, 5.41) is 8.79. The van der Waals surface area contributed by atoms with Crippen molar-refractivity contribution in [1.82, 2.24) is 9.80 Å². The molecule has 0 aromatic heterocycles. The summed E-state index contributed by atoms with van der Waals surface area (Å²) < 4.78 is 6.71. The summed E-state index contributed by atoms with van der Waals surface area (Å²) in [6.07, 6.45) is 3.57. The Morgan fingerprint density at radius 1 is 1.18 bits per heavy atom. The van der Waals surface area contributed by atoms with Gasteiger partial charge in [-0.3, -0.25) is 19.3 Å². The summed E-state index contributed by atoms with van der Waals surface area (Å²) in [4.78, 5) is 40.4. The molecule has 0 radical (unpaired) electrons. The molecule has 0 saturated carbocycles. The van der Waals surface area contributed by atoms with Crippen molar-refractivity contribution in [3.63, 3.8) is 0 Å². The van der Waals surface area contributed by atoms with Crippen LogP contribution in [0.4, 0.5) is 4.79 Å². The summed E-state index contributed by atoms with van der Waals surface area (Å²) in [5.74, 6) is 0.0240. The maximum atomic E-state index is 12.7. The third kappa shape index (κ3) is 5.39. The molecule has 7 nitrogen and oxygen atoms in total. The molecule has 3 amide bonds. The van der Waals surface area contributed by atoms with Gasteiger partial charge in [-0.05, 0) is 77.0 Å². The van der Waals surface area contributed by atoms with E-state index in [0.29, 0.717) is 29.3 Å². The number of hydrogen-bond acceptors (Lipinski definition) is 6. The van der Waals surface area contributed by atoms with Crippen LogP contribution < -0.4 is 4.74 Å². The van der Waals surface area contributed by atoms with Gasteiger partial charge in [0, 0.05) is 18.7 Å². The Kier molecular flexibility index (Phi) is 7.35. The first-order valence-electron chi connectivity index (χ1n) is 10.4. The SMILES string of the molecule is N#Cc1ccccc1COc1ccc(/C=C2/SC(=O)N(CC(=O)N3CCCC3)C2=O)cc1I. The maximum absolute atomic E-state index is 12.7. The van der Waals surface area contributed by atoms with E-state index >= 15 is 0 Å². The topological polar surface area (TPSA) is 90.7 Å². The van der Waals surface area contributed by atoms with Crippen LogP contribution in [0, 0.1) is 14.9 Å². The molecule has 168 valence electrons. The van der Waals surface area contributed by atoms with E-state index in [2.05, 4.69) is 28.7 Å². The number of likely N-dealkylation sites (tertiary alicyclic amines) is 1. The summed E-state index contributed by atoms with van der Waals surface area (Å²) in [6.45, 7) is 1.42. The highest BCUT2D eigenvalue weighted by Gasteiger charge is 2.37. The molecule has 2 aromatic rings. The van der Waals surface area contributed by atoms with E-state index in [0.717, 1.165) is 44.2 Å². The number of hydrogen-bond donors (Lipinski definition) is 0. The van der Waals surface area contributed by atoms with E-state index in [9.17, 15) is 19.6 Å². The highest BCUT2D eigenvalue weighted by atomic mass is 127. The van der Waals surface area contributed by atoms with Crippen molar-refractivity contribution < 1.29 is 19.1 Å². The zero-order chi connectivity index (χ0) is 23.4. The maximum Gasteiger partial charge on any atom is 0.294 e. The van der Waals surface area contributed by atoms with Crippen LogP contribution in [0.3, 0.4) is 0 Å². The normalized spacial score (nSPS) is 17.0. The van der Waals surface area contributed by atoms with Crippen molar-refractivity contribution in [2.45, 2.75) is 19.4 Å². The van der Waals surface area contributed by atoms with Gasteiger partial charge in [0.1, 0.15) is 18.9 Å². The standard InChI is InChI=1S/C24H20IN3O4S/c25-19-11-16(7-8-20(19)32-15-18-6-2-1-5-17(18)13-26)12-21-23(30)28(24(31)33-21)14-22(29)27-9-3-4-10-27/h1-2,5-8,11-12H,3-4,9-10,14-15H2/b21-12+. The zero-order valence-corrected chi connectivity index (χ0v) is 20.6. The lowest BCUT2D eigenvalue weighted by Gasteiger charge is -2.18. The van der Waals surface area contributed by atoms with Crippen molar-refractivity contribution in [3.8, 4) is 11.8 Å². The van der Waals surface area contributed by atoms with E-state index < -0.39 is 11.1 Å². The number of benzene rings is 2. The van der Waals surface area contributed by atoms with Crippen molar-refractivity contribution in [2.75, 3.05) is 19.6 Å². The molecule has 9 heteroatoms. The van der Waals surface area contributed by atoms with E-state index in [1.165, 1.54) is 0 Å². The summed E-state index contributed by atoms with van der Waals surface area (Å²) >= 11 is 2.99. The fraction of sp³-hybridized carbons (Fsp3) is 0.250. The summed E-state index contributed by atoms with van der Waals surface area (Å²) in [7, 11) is 0. The summed E-state index contributed by atoms with van der Waals surface area (Å²) in [6, 6.07) is 14.9. The number of thioether (sulfide) groups is 1. The number of ether oxygens (including phenoxy) is 1. The molecule has 2 heterocycles. The second-order valence-corrected chi connectivity index (χ2v) is 9.76. The fourth-order valence-corrected chi connectivity index (χ4v) is 5.16. The average Bonchev–Trinajstić information content (AvgIpc) is 3.44. The second-order valence-electron chi connectivity index (χ2n) is 7.60. The van der Waals surface area contributed by atoms with Gasteiger partial charge < -0.3 is 9.64 Å². The number of nitriles is 1. The van der Waals surface area contributed by atoms with Crippen molar-refractivity contribution in [2.24, 2.45) is 0 Å². The Morgan fingerprint density at radius 2 is 1.94 bits per heavy atom.